The maximum atomic E-state index is 8.96. The van der Waals surface area contributed by atoms with E-state index in [-0.39, 0.29) is 12.1 Å². The zero-order chi connectivity index (χ0) is 12.2. The van der Waals surface area contributed by atoms with E-state index >= 15 is 0 Å². The van der Waals surface area contributed by atoms with Crippen LogP contribution in [0.25, 0.3) is 0 Å². The standard InChI is InChI=1S/C12H18ClNO2/c1-12(2,6-7-15)14-10-8-9(13)4-5-11(10)16-3/h4-5,8,14-15H,6-7H2,1-3H3. The molecule has 0 saturated carbocycles. The molecule has 0 atom stereocenters. The van der Waals surface area contributed by atoms with Gasteiger partial charge in [0.25, 0.3) is 0 Å². The summed E-state index contributed by atoms with van der Waals surface area (Å²) < 4.78 is 5.24. The Hall–Kier alpha value is -0.930. The van der Waals surface area contributed by atoms with Crippen molar-refractivity contribution in [2.24, 2.45) is 0 Å². The number of benzene rings is 1. The first kappa shape index (κ1) is 13.1. The number of aliphatic hydroxyl groups excluding tert-OH is 1. The summed E-state index contributed by atoms with van der Waals surface area (Å²) in [5, 5.41) is 12.9. The van der Waals surface area contributed by atoms with E-state index in [0.29, 0.717) is 11.4 Å². The van der Waals surface area contributed by atoms with Gasteiger partial charge in [0.15, 0.2) is 0 Å². The fourth-order valence-corrected chi connectivity index (χ4v) is 1.66. The molecule has 0 unspecified atom stereocenters. The van der Waals surface area contributed by atoms with Crippen molar-refractivity contribution in [1.29, 1.82) is 0 Å². The number of aliphatic hydroxyl groups is 1. The van der Waals surface area contributed by atoms with Crippen molar-refractivity contribution in [3.05, 3.63) is 23.2 Å². The summed E-state index contributed by atoms with van der Waals surface area (Å²) in [6.45, 7) is 4.18. The van der Waals surface area contributed by atoms with E-state index in [9.17, 15) is 0 Å². The highest BCUT2D eigenvalue weighted by Gasteiger charge is 2.18. The van der Waals surface area contributed by atoms with Gasteiger partial charge in [0, 0.05) is 17.2 Å². The van der Waals surface area contributed by atoms with Crippen LogP contribution in [-0.4, -0.2) is 24.4 Å². The first-order valence-corrected chi connectivity index (χ1v) is 5.59. The Morgan fingerprint density at radius 3 is 2.69 bits per heavy atom. The number of halogens is 1. The highest BCUT2D eigenvalue weighted by Crippen LogP contribution is 2.30. The van der Waals surface area contributed by atoms with Gasteiger partial charge in [-0.2, -0.15) is 0 Å². The average molecular weight is 244 g/mol. The van der Waals surface area contributed by atoms with Gasteiger partial charge in [0.1, 0.15) is 5.75 Å². The van der Waals surface area contributed by atoms with E-state index in [4.69, 9.17) is 21.4 Å². The molecule has 0 radical (unpaired) electrons. The number of anilines is 1. The quantitative estimate of drug-likeness (QED) is 0.836. The van der Waals surface area contributed by atoms with Crippen LogP contribution >= 0.6 is 11.6 Å². The molecule has 1 aromatic carbocycles. The first-order chi connectivity index (χ1) is 7.48. The van der Waals surface area contributed by atoms with Crippen LogP contribution in [0.2, 0.25) is 5.02 Å². The van der Waals surface area contributed by atoms with E-state index in [0.717, 1.165) is 11.4 Å². The molecule has 16 heavy (non-hydrogen) atoms. The maximum Gasteiger partial charge on any atom is 0.142 e. The molecule has 0 amide bonds. The molecular formula is C12H18ClNO2. The fraction of sp³-hybridized carbons (Fsp3) is 0.500. The molecule has 4 heteroatoms. The lowest BCUT2D eigenvalue weighted by molar-refractivity contribution is 0.260. The second-order valence-electron chi connectivity index (χ2n) is 4.33. The van der Waals surface area contributed by atoms with Gasteiger partial charge in [-0.05, 0) is 38.5 Å². The molecule has 0 spiro atoms. The third-order valence-electron chi connectivity index (χ3n) is 2.37. The van der Waals surface area contributed by atoms with E-state index in [1.165, 1.54) is 0 Å². The second kappa shape index (κ2) is 5.41. The van der Waals surface area contributed by atoms with Crippen molar-refractivity contribution in [2.75, 3.05) is 19.0 Å². The Labute approximate surface area is 101 Å². The van der Waals surface area contributed by atoms with E-state index in [1.807, 2.05) is 26.0 Å². The molecule has 0 aromatic heterocycles. The van der Waals surface area contributed by atoms with Crippen LogP contribution in [0.15, 0.2) is 18.2 Å². The summed E-state index contributed by atoms with van der Waals surface area (Å²) in [6.07, 6.45) is 0.655. The lowest BCUT2D eigenvalue weighted by Gasteiger charge is -2.27. The molecule has 0 saturated heterocycles. The van der Waals surface area contributed by atoms with Crippen molar-refractivity contribution < 1.29 is 9.84 Å². The molecule has 0 heterocycles. The Kier molecular flexibility index (Phi) is 4.44. The summed E-state index contributed by atoms with van der Waals surface area (Å²) in [7, 11) is 1.62. The van der Waals surface area contributed by atoms with E-state index < -0.39 is 0 Å². The maximum absolute atomic E-state index is 8.96. The molecule has 0 fully saturated rings. The molecule has 0 bridgehead atoms. The third kappa shape index (κ3) is 3.58. The van der Waals surface area contributed by atoms with Crippen molar-refractivity contribution in [1.82, 2.24) is 0 Å². The number of nitrogens with one attached hydrogen (secondary N) is 1. The zero-order valence-electron chi connectivity index (χ0n) is 9.88. The van der Waals surface area contributed by atoms with Crippen LogP contribution in [0.5, 0.6) is 5.75 Å². The summed E-state index contributed by atoms with van der Waals surface area (Å²) in [6, 6.07) is 5.42. The monoisotopic (exact) mass is 243 g/mol. The SMILES string of the molecule is COc1ccc(Cl)cc1NC(C)(C)CCO. The van der Waals surface area contributed by atoms with Crippen molar-refractivity contribution in [3.63, 3.8) is 0 Å². The number of hydrogen-bond acceptors (Lipinski definition) is 3. The number of rotatable bonds is 5. The Bertz CT molecular complexity index is 353. The first-order valence-electron chi connectivity index (χ1n) is 5.21. The van der Waals surface area contributed by atoms with Gasteiger partial charge in [0.05, 0.1) is 12.8 Å². The smallest absolute Gasteiger partial charge is 0.142 e. The number of hydrogen-bond donors (Lipinski definition) is 2. The fourth-order valence-electron chi connectivity index (χ4n) is 1.48. The molecule has 3 nitrogen and oxygen atoms in total. The molecule has 1 rings (SSSR count). The summed E-state index contributed by atoms with van der Waals surface area (Å²) >= 11 is 5.93. The Morgan fingerprint density at radius 1 is 1.44 bits per heavy atom. The normalized spacial score (nSPS) is 11.3. The van der Waals surface area contributed by atoms with Crippen LogP contribution in [-0.2, 0) is 0 Å². The van der Waals surface area contributed by atoms with Gasteiger partial charge in [-0.25, -0.2) is 0 Å². The van der Waals surface area contributed by atoms with Gasteiger partial charge in [-0.3, -0.25) is 0 Å². The van der Waals surface area contributed by atoms with Gasteiger partial charge in [-0.1, -0.05) is 11.6 Å². The predicted molar refractivity (Wildman–Crippen MR) is 67.4 cm³/mol. The minimum Gasteiger partial charge on any atom is -0.495 e. The number of methoxy groups -OCH3 is 1. The molecule has 0 aliphatic heterocycles. The lowest BCUT2D eigenvalue weighted by atomic mass is 10.0. The highest BCUT2D eigenvalue weighted by atomic mass is 35.5. The zero-order valence-corrected chi connectivity index (χ0v) is 10.6. The van der Waals surface area contributed by atoms with Crippen LogP contribution < -0.4 is 10.1 Å². The van der Waals surface area contributed by atoms with Crippen LogP contribution in [0.1, 0.15) is 20.3 Å². The van der Waals surface area contributed by atoms with Gasteiger partial charge in [-0.15, -0.1) is 0 Å². The van der Waals surface area contributed by atoms with Gasteiger partial charge >= 0.3 is 0 Å². The van der Waals surface area contributed by atoms with Crippen LogP contribution in [0, 0.1) is 0 Å². The van der Waals surface area contributed by atoms with E-state index in [2.05, 4.69) is 5.32 Å². The average Bonchev–Trinajstić information content (AvgIpc) is 2.17. The van der Waals surface area contributed by atoms with Gasteiger partial charge < -0.3 is 15.2 Å². The van der Waals surface area contributed by atoms with Crippen LogP contribution in [0.3, 0.4) is 0 Å². The topological polar surface area (TPSA) is 41.5 Å². The molecule has 1 aromatic rings. The highest BCUT2D eigenvalue weighted by molar-refractivity contribution is 6.30. The second-order valence-corrected chi connectivity index (χ2v) is 4.76. The van der Waals surface area contributed by atoms with Crippen molar-refractivity contribution >= 4 is 17.3 Å². The molecule has 0 aliphatic rings. The Balaban J connectivity index is 2.90. The molecule has 0 aliphatic carbocycles. The molecular weight excluding hydrogens is 226 g/mol. The summed E-state index contributed by atoms with van der Waals surface area (Å²) in [5.41, 5.74) is 0.639. The van der Waals surface area contributed by atoms with Crippen LogP contribution in [0.4, 0.5) is 5.69 Å². The third-order valence-corrected chi connectivity index (χ3v) is 2.61. The Morgan fingerprint density at radius 2 is 2.12 bits per heavy atom. The summed E-state index contributed by atoms with van der Waals surface area (Å²) in [4.78, 5) is 0. The van der Waals surface area contributed by atoms with Crippen molar-refractivity contribution in [3.8, 4) is 5.75 Å². The molecule has 90 valence electrons. The summed E-state index contributed by atoms with van der Waals surface area (Å²) in [5.74, 6) is 0.746. The largest absolute Gasteiger partial charge is 0.495 e. The van der Waals surface area contributed by atoms with Gasteiger partial charge in [0.2, 0.25) is 0 Å². The molecule has 2 N–H and O–H groups in total. The van der Waals surface area contributed by atoms with E-state index in [1.54, 1.807) is 13.2 Å². The lowest BCUT2D eigenvalue weighted by Crippen LogP contribution is -2.32. The van der Waals surface area contributed by atoms with Crippen molar-refractivity contribution in [2.45, 2.75) is 25.8 Å². The predicted octanol–water partition coefficient (Wildman–Crippen LogP) is 2.92. The number of ether oxygens (including phenoxy) is 1. The minimum atomic E-state index is -0.202. The minimum absolute atomic E-state index is 0.142.